The number of nitrogens with zero attached hydrogens (tertiary/aromatic N) is 1. The van der Waals surface area contributed by atoms with Crippen LogP contribution in [0.4, 0.5) is 0 Å². The van der Waals surface area contributed by atoms with Gasteiger partial charge < -0.3 is 5.11 Å². The van der Waals surface area contributed by atoms with Crippen molar-refractivity contribution in [2.75, 3.05) is 19.6 Å². The maximum Gasteiger partial charge on any atom is 0.0938 e. The average Bonchev–Trinajstić information content (AvgIpc) is 2.29. The maximum absolute atomic E-state index is 10.1. The van der Waals surface area contributed by atoms with Gasteiger partial charge in [-0.25, -0.2) is 0 Å². The normalized spacial score (nSPS) is 23.8. The number of rotatable bonds is 4. The Bertz CT molecular complexity index is 258. The van der Waals surface area contributed by atoms with Crippen LogP contribution in [0.25, 0.3) is 0 Å². The predicted octanol–water partition coefficient (Wildman–Crippen LogP) is 3.63. The minimum Gasteiger partial charge on any atom is -0.385 e. The molecule has 1 atom stereocenters. The molecule has 1 saturated heterocycles. The second-order valence-corrected chi connectivity index (χ2v) is 6.43. The summed E-state index contributed by atoms with van der Waals surface area (Å²) in [5.41, 5.74) is -0.755. The third-order valence-corrected chi connectivity index (χ3v) is 5.72. The summed E-state index contributed by atoms with van der Waals surface area (Å²) in [5.74, 6) is 0. The highest BCUT2D eigenvalue weighted by Crippen LogP contribution is 2.32. The Balaban J connectivity index is 2.60. The first-order valence-corrected chi connectivity index (χ1v) is 7.55. The van der Waals surface area contributed by atoms with E-state index in [1.54, 1.807) is 0 Å². The Morgan fingerprint density at radius 1 is 1.25 bits per heavy atom. The van der Waals surface area contributed by atoms with Gasteiger partial charge in [-0.2, -0.15) is 0 Å². The first kappa shape index (κ1) is 14.7. The fourth-order valence-electron chi connectivity index (χ4n) is 1.83. The van der Waals surface area contributed by atoms with E-state index in [9.17, 15) is 5.11 Å². The molecule has 0 amide bonds. The summed E-state index contributed by atoms with van der Waals surface area (Å²) >= 11 is 7.09. The number of aliphatic hydroxyl groups is 1. The summed E-state index contributed by atoms with van der Waals surface area (Å²) in [6.45, 7) is 7.07. The van der Waals surface area contributed by atoms with Crippen LogP contribution in [-0.4, -0.2) is 35.2 Å². The molecule has 0 aromatic heterocycles. The van der Waals surface area contributed by atoms with Crippen LogP contribution >= 0.6 is 31.9 Å². The van der Waals surface area contributed by atoms with E-state index in [0.717, 1.165) is 15.5 Å². The summed E-state index contributed by atoms with van der Waals surface area (Å²) in [6.07, 6.45) is 4.65. The van der Waals surface area contributed by atoms with Crippen molar-refractivity contribution < 1.29 is 5.11 Å². The number of halogens is 2. The quantitative estimate of drug-likeness (QED) is 0.833. The van der Waals surface area contributed by atoms with Crippen LogP contribution in [0.5, 0.6) is 0 Å². The summed E-state index contributed by atoms with van der Waals surface area (Å²) in [5, 5.41) is 10.1. The molecule has 0 bridgehead atoms. The minimum atomic E-state index is -0.755. The lowest BCUT2D eigenvalue weighted by Crippen LogP contribution is -2.32. The molecule has 4 heteroatoms. The molecule has 1 rings (SSSR count). The second kappa shape index (κ2) is 6.53. The van der Waals surface area contributed by atoms with E-state index in [-0.39, 0.29) is 0 Å². The summed E-state index contributed by atoms with van der Waals surface area (Å²) in [7, 11) is 0. The van der Waals surface area contributed by atoms with Crippen molar-refractivity contribution in [2.24, 2.45) is 0 Å². The first-order chi connectivity index (χ1) is 7.47. The van der Waals surface area contributed by atoms with Gasteiger partial charge in [0.2, 0.25) is 0 Å². The lowest BCUT2D eigenvalue weighted by molar-refractivity contribution is 0.103. The molecule has 0 aromatic rings. The number of hydrogen-bond donors (Lipinski definition) is 1. The van der Waals surface area contributed by atoms with Crippen molar-refractivity contribution in [1.82, 2.24) is 4.90 Å². The molecule has 2 nitrogen and oxygen atoms in total. The molecular weight excluding hydrogens is 334 g/mol. The molecule has 0 saturated carbocycles. The zero-order valence-electron chi connectivity index (χ0n) is 10.1. The van der Waals surface area contributed by atoms with Crippen molar-refractivity contribution in [1.29, 1.82) is 0 Å². The number of likely N-dealkylation sites (tertiary alicyclic amines) is 1. The Labute approximate surface area is 115 Å². The standard InChI is InChI=1S/C12H21Br2NO/c1-3-12(2,16)11(14)10(13)9-15-7-5-4-6-8-15/h16H,3-9H2,1-2H3/b11-10+. The van der Waals surface area contributed by atoms with Crippen molar-refractivity contribution >= 4 is 31.9 Å². The predicted molar refractivity (Wildman–Crippen MR) is 76.1 cm³/mol. The Kier molecular flexibility index (Phi) is 5.99. The van der Waals surface area contributed by atoms with E-state index in [0.29, 0.717) is 6.42 Å². The smallest absolute Gasteiger partial charge is 0.0938 e. The highest BCUT2D eigenvalue weighted by molar-refractivity contribution is 9.14. The van der Waals surface area contributed by atoms with E-state index in [1.807, 2.05) is 13.8 Å². The van der Waals surface area contributed by atoms with Crippen LogP contribution in [-0.2, 0) is 0 Å². The molecule has 1 N–H and O–H groups in total. The van der Waals surface area contributed by atoms with Gasteiger partial charge in [0, 0.05) is 15.5 Å². The van der Waals surface area contributed by atoms with Gasteiger partial charge in [-0.05, 0) is 39.3 Å². The zero-order chi connectivity index (χ0) is 12.2. The van der Waals surface area contributed by atoms with Crippen molar-refractivity contribution in [2.45, 2.75) is 45.1 Å². The molecule has 0 aromatic carbocycles. The molecule has 1 aliphatic heterocycles. The van der Waals surface area contributed by atoms with E-state index in [4.69, 9.17) is 0 Å². The Morgan fingerprint density at radius 2 is 1.81 bits per heavy atom. The highest BCUT2D eigenvalue weighted by Gasteiger charge is 2.25. The molecule has 1 fully saturated rings. The maximum atomic E-state index is 10.1. The Hall–Kier alpha value is 0.620. The highest BCUT2D eigenvalue weighted by atomic mass is 79.9. The number of hydrogen-bond acceptors (Lipinski definition) is 2. The van der Waals surface area contributed by atoms with Crippen LogP contribution in [0.1, 0.15) is 39.5 Å². The fourth-order valence-corrected chi connectivity index (χ4v) is 3.02. The lowest BCUT2D eigenvalue weighted by Gasteiger charge is -2.28. The minimum absolute atomic E-state index is 0.711. The van der Waals surface area contributed by atoms with E-state index in [1.165, 1.54) is 32.4 Å². The van der Waals surface area contributed by atoms with Gasteiger partial charge in [0.05, 0.1) is 5.60 Å². The Morgan fingerprint density at radius 3 is 2.31 bits per heavy atom. The lowest BCUT2D eigenvalue weighted by atomic mass is 10.0. The van der Waals surface area contributed by atoms with Crippen LogP contribution < -0.4 is 0 Å². The molecule has 0 spiro atoms. The van der Waals surface area contributed by atoms with Crippen molar-refractivity contribution in [3.8, 4) is 0 Å². The van der Waals surface area contributed by atoms with E-state index < -0.39 is 5.60 Å². The summed E-state index contributed by atoms with van der Waals surface area (Å²) in [4.78, 5) is 2.43. The summed E-state index contributed by atoms with van der Waals surface area (Å²) < 4.78 is 1.95. The van der Waals surface area contributed by atoms with E-state index in [2.05, 4.69) is 36.8 Å². The van der Waals surface area contributed by atoms with Crippen LogP contribution in [0, 0.1) is 0 Å². The first-order valence-electron chi connectivity index (χ1n) is 5.96. The van der Waals surface area contributed by atoms with Crippen LogP contribution in [0.2, 0.25) is 0 Å². The van der Waals surface area contributed by atoms with Gasteiger partial charge in [-0.15, -0.1) is 0 Å². The van der Waals surface area contributed by atoms with Crippen molar-refractivity contribution in [3.05, 3.63) is 8.96 Å². The molecule has 16 heavy (non-hydrogen) atoms. The monoisotopic (exact) mass is 353 g/mol. The second-order valence-electron chi connectivity index (χ2n) is 4.68. The van der Waals surface area contributed by atoms with Crippen LogP contribution in [0.3, 0.4) is 0 Å². The van der Waals surface area contributed by atoms with Gasteiger partial charge in [0.25, 0.3) is 0 Å². The summed E-state index contributed by atoms with van der Waals surface area (Å²) in [6, 6.07) is 0. The molecule has 1 aliphatic rings. The molecular formula is C12H21Br2NO. The average molecular weight is 355 g/mol. The largest absolute Gasteiger partial charge is 0.385 e. The van der Waals surface area contributed by atoms with Gasteiger partial charge in [-0.1, -0.05) is 45.2 Å². The molecule has 1 heterocycles. The molecule has 0 aliphatic carbocycles. The SMILES string of the molecule is CCC(C)(O)/C(Br)=C(\Br)CN1CCCCC1. The molecule has 94 valence electrons. The van der Waals surface area contributed by atoms with Crippen LogP contribution in [0.15, 0.2) is 8.96 Å². The molecule has 0 radical (unpaired) electrons. The van der Waals surface area contributed by atoms with Gasteiger partial charge in [0.1, 0.15) is 0 Å². The zero-order valence-corrected chi connectivity index (χ0v) is 13.3. The van der Waals surface area contributed by atoms with Crippen molar-refractivity contribution in [3.63, 3.8) is 0 Å². The van der Waals surface area contributed by atoms with Gasteiger partial charge in [-0.3, -0.25) is 4.90 Å². The third kappa shape index (κ3) is 4.13. The van der Waals surface area contributed by atoms with Gasteiger partial charge >= 0.3 is 0 Å². The van der Waals surface area contributed by atoms with E-state index >= 15 is 0 Å². The molecule has 1 unspecified atom stereocenters. The fraction of sp³-hybridized carbons (Fsp3) is 0.833. The number of piperidine rings is 1. The van der Waals surface area contributed by atoms with Gasteiger partial charge in [0.15, 0.2) is 0 Å². The topological polar surface area (TPSA) is 23.5 Å². The third-order valence-electron chi connectivity index (χ3n) is 3.21.